The first kappa shape index (κ1) is 15.1. The SMILES string of the molecule is Cc1cc(Cl)c(N)cc1S(=O)(=O)N1CCOC(C#N)C1. The second-order valence-electron chi connectivity index (χ2n) is 4.49. The molecule has 1 aromatic rings. The van der Waals surface area contributed by atoms with E-state index in [0.717, 1.165) is 0 Å². The van der Waals surface area contributed by atoms with Crippen LogP contribution in [-0.4, -0.2) is 38.5 Å². The molecule has 0 aromatic heterocycles. The number of ether oxygens (including phenoxy) is 1. The van der Waals surface area contributed by atoms with Crippen molar-refractivity contribution in [1.82, 2.24) is 4.31 Å². The molecule has 1 aliphatic heterocycles. The van der Waals surface area contributed by atoms with Crippen LogP contribution in [0.4, 0.5) is 5.69 Å². The molecule has 1 unspecified atom stereocenters. The number of aryl methyl sites for hydroxylation is 1. The highest BCUT2D eigenvalue weighted by Gasteiger charge is 2.32. The van der Waals surface area contributed by atoms with Gasteiger partial charge in [0.1, 0.15) is 0 Å². The van der Waals surface area contributed by atoms with E-state index in [1.807, 2.05) is 6.07 Å². The Morgan fingerprint density at radius 2 is 2.25 bits per heavy atom. The van der Waals surface area contributed by atoms with Crippen LogP contribution in [0, 0.1) is 18.3 Å². The molecule has 1 aliphatic rings. The summed E-state index contributed by atoms with van der Waals surface area (Å²) in [5.41, 5.74) is 6.40. The van der Waals surface area contributed by atoms with Gasteiger partial charge in [-0.1, -0.05) is 11.6 Å². The minimum absolute atomic E-state index is 0.0147. The number of hydrogen-bond acceptors (Lipinski definition) is 5. The van der Waals surface area contributed by atoms with Crippen molar-refractivity contribution in [3.63, 3.8) is 0 Å². The second kappa shape index (κ2) is 5.58. The first-order chi connectivity index (χ1) is 9.36. The Morgan fingerprint density at radius 1 is 1.55 bits per heavy atom. The van der Waals surface area contributed by atoms with Crippen LogP contribution in [0.1, 0.15) is 5.56 Å². The molecule has 2 N–H and O–H groups in total. The van der Waals surface area contributed by atoms with Crippen LogP contribution >= 0.6 is 11.6 Å². The fourth-order valence-corrected chi connectivity index (χ4v) is 3.89. The summed E-state index contributed by atoms with van der Waals surface area (Å²) in [4.78, 5) is 0.109. The van der Waals surface area contributed by atoms with Crippen molar-refractivity contribution in [3.05, 3.63) is 22.7 Å². The van der Waals surface area contributed by atoms with Crippen LogP contribution in [0.5, 0.6) is 0 Å². The minimum atomic E-state index is -3.71. The summed E-state index contributed by atoms with van der Waals surface area (Å²) in [6, 6.07) is 4.79. The highest BCUT2D eigenvalue weighted by molar-refractivity contribution is 7.89. The molecule has 108 valence electrons. The van der Waals surface area contributed by atoms with Crippen LogP contribution in [0.3, 0.4) is 0 Å². The maximum absolute atomic E-state index is 12.6. The number of hydrogen-bond donors (Lipinski definition) is 1. The van der Waals surface area contributed by atoms with Gasteiger partial charge in [-0.2, -0.15) is 9.57 Å². The molecule has 6 nitrogen and oxygen atoms in total. The zero-order chi connectivity index (χ0) is 14.9. The molecule has 1 heterocycles. The number of anilines is 1. The highest BCUT2D eigenvalue weighted by atomic mass is 35.5. The molecule has 0 bridgehead atoms. The maximum atomic E-state index is 12.6. The molecule has 1 fully saturated rings. The Bertz CT molecular complexity index is 669. The van der Waals surface area contributed by atoms with Crippen LogP contribution in [-0.2, 0) is 14.8 Å². The molecule has 1 saturated heterocycles. The number of nitrogens with zero attached hydrogens (tertiary/aromatic N) is 2. The van der Waals surface area contributed by atoms with Gasteiger partial charge in [-0.05, 0) is 24.6 Å². The summed E-state index contributed by atoms with van der Waals surface area (Å²) in [5, 5.41) is 9.16. The van der Waals surface area contributed by atoms with E-state index < -0.39 is 16.1 Å². The number of nitriles is 1. The topological polar surface area (TPSA) is 96.4 Å². The average molecular weight is 316 g/mol. The first-order valence-corrected chi connectivity index (χ1v) is 7.75. The molecule has 20 heavy (non-hydrogen) atoms. The molecular formula is C12H14ClN3O3S. The van der Waals surface area contributed by atoms with E-state index in [-0.39, 0.29) is 30.3 Å². The molecule has 8 heteroatoms. The first-order valence-electron chi connectivity index (χ1n) is 5.93. The zero-order valence-corrected chi connectivity index (χ0v) is 12.4. The number of morpholine rings is 1. The summed E-state index contributed by atoms with van der Waals surface area (Å²) >= 11 is 5.87. The van der Waals surface area contributed by atoms with Gasteiger partial charge in [0.25, 0.3) is 0 Å². The van der Waals surface area contributed by atoms with Crippen LogP contribution < -0.4 is 5.73 Å². The van der Waals surface area contributed by atoms with Crippen LogP contribution in [0.2, 0.25) is 5.02 Å². The predicted molar refractivity (Wildman–Crippen MR) is 74.7 cm³/mol. The normalized spacial score (nSPS) is 20.6. The molecule has 0 amide bonds. The number of sulfonamides is 1. The van der Waals surface area contributed by atoms with Crippen molar-refractivity contribution in [2.45, 2.75) is 17.9 Å². The lowest BCUT2D eigenvalue weighted by molar-refractivity contribution is 0.0311. The Morgan fingerprint density at radius 3 is 2.90 bits per heavy atom. The predicted octanol–water partition coefficient (Wildman–Crippen LogP) is 1.14. The largest absolute Gasteiger partial charge is 0.397 e. The third-order valence-electron chi connectivity index (χ3n) is 3.09. The maximum Gasteiger partial charge on any atom is 0.243 e. The van der Waals surface area contributed by atoms with Gasteiger partial charge in [-0.3, -0.25) is 0 Å². The van der Waals surface area contributed by atoms with E-state index in [1.165, 1.54) is 16.4 Å². The summed E-state index contributed by atoms with van der Waals surface area (Å²) in [6.07, 6.45) is -0.747. The Balaban J connectivity index is 2.40. The monoisotopic (exact) mass is 315 g/mol. The number of nitrogen functional groups attached to an aromatic ring is 1. The minimum Gasteiger partial charge on any atom is -0.397 e. The van der Waals surface area contributed by atoms with Gasteiger partial charge >= 0.3 is 0 Å². The molecule has 0 saturated carbocycles. The van der Waals surface area contributed by atoms with Gasteiger partial charge in [0.15, 0.2) is 6.10 Å². The van der Waals surface area contributed by atoms with Crippen molar-refractivity contribution >= 4 is 27.3 Å². The van der Waals surface area contributed by atoms with Gasteiger partial charge in [0.2, 0.25) is 10.0 Å². The number of nitrogens with two attached hydrogens (primary N) is 1. The highest BCUT2D eigenvalue weighted by Crippen LogP contribution is 2.28. The third kappa shape index (κ3) is 2.74. The lowest BCUT2D eigenvalue weighted by Crippen LogP contribution is -2.45. The lowest BCUT2D eigenvalue weighted by Gasteiger charge is -2.29. The summed E-state index contributed by atoms with van der Waals surface area (Å²) in [5.74, 6) is 0. The van der Waals surface area contributed by atoms with Crippen molar-refractivity contribution in [2.75, 3.05) is 25.4 Å². The third-order valence-corrected chi connectivity index (χ3v) is 5.42. The van der Waals surface area contributed by atoms with Crippen molar-refractivity contribution in [1.29, 1.82) is 5.26 Å². The number of halogens is 1. The van der Waals surface area contributed by atoms with Gasteiger partial charge < -0.3 is 10.5 Å². The van der Waals surface area contributed by atoms with E-state index in [0.29, 0.717) is 10.6 Å². The van der Waals surface area contributed by atoms with Crippen LogP contribution in [0.25, 0.3) is 0 Å². The van der Waals surface area contributed by atoms with Crippen molar-refractivity contribution in [2.24, 2.45) is 0 Å². The Kier molecular flexibility index (Phi) is 4.20. The van der Waals surface area contributed by atoms with Crippen LogP contribution in [0.15, 0.2) is 17.0 Å². The molecule has 0 aliphatic carbocycles. The standard InChI is InChI=1S/C12H14ClN3O3S/c1-8-4-10(13)11(15)5-12(8)20(17,18)16-2-3-19-9(6-14)7-16/h4-5,9H,2-3,7,15H2,1H3. The van der Waals surface area contributed by atoms with Crippen molar-refractivity contribution < 1.29 is 13.2 Å². The molecule has 1 atom stereocenters. The van der Waals surface area contributed by atoms with Gasteiger partial charge in [0, 0.05) is 6.54 Å². The average Bonchev–Trinajstić information content (AvgIpc) is 2.42. The van der Waals surface area contributed by atoms with E-state index in [2.05, 4.69) is 0 Å². The van der Waals surface area contributed by atoms with E-state index >= 15 is 0 Å². The summed E-state index contributed by atoms with van der Waals surface area (Å²) < 4.78 is 31.6. The van der Waals surface area contributed by atoms with Gasteiger partial charge in [-0.15, -0.1) is 0 Å². The Labute approximate surface area is 122 Å². The molecule has 2 rings (SSSR count). The van der Waals surface area contributed by atoms with E-state index in [1.54, 1.807) is 6.92 Å². The molecule has 0 spiro atoms. The fourth-order valence-electron chi connectivity index (χ4n) is 2.01. The van der Waals surface area contributed by atoms with E-state index in [9.17, 15) is 8.42 Å². The summed E-state index contributed by atoms with van der Waals surface area (Å²) in [6.45, 7) is 2.07. The Hall–Kier alpha value is -1.33. The van der Waals surface area contributed by atoms with Gasteiger partial charge in [0.05, 0.1) is 34.8 Å². The quantitative estimate of drug-likeness (QED) is 0.826. The number of benzene rings is 1. The second-order valence-corrected chi connectivity index (χ2v) is 6.80. The molecular weight excluding hydrogens is 302 g/mol. The fraction of sp³-hybridized carbons (Fsp3) is 0.417. The van der Waals surface area contributed by atoms with Gasteiger partial charge in [-0.25, -0.2) is 8.42 Å². The zero-order valence-electron chi connectivity index (χ0n) is 10.8. The molecule has 0 radical (unpaired) electrons. The van der Waals surface area contributed by atoms with E-state index in [4.69, 9.17) is 27.3 Å². The lowest BCUT2D eigenvalue weighted by atomic mass is 10.2. The van der Waals surface area contributed by atoms with Crippen molar-refractivity contribution in [3.8, 4) is 6.07 Å². The smallest absolute Gasteiger partial charge is 0.243 e. The molecule has 1 aromatic carbocycles. The number of rotatable bonds is 2. The summed E-state index contributed by atoms with van der Waals surface area (Å²) in [7, 11) is -3.71.